The Bertz CT molecular complexity index is 686. The molecule has 1 aliphatic heterocycles. The average Bonchev–Trinajstić information content (AvgIpc) is 2.47. The van der Waals surface area contributed by atoms with Gasteiger partial charge in [0.05, 0.1) is 6.61 Å². The van der Waals surface area contributed by atoms with Crippen molar-refractivity contribution in [1.29, 1.82) is 0 Å². The molecule has 1 aliphatic rings. The van der Waals surface area contributed by atoms with Gasteiger partial charge in [-0.15, -0.1) is 0 Å². The number of aryl methyl sites for hydroxylation is 1. The highest BCUT2D eigenvalue weighted by atomic mass is 16.6. The Morgan fingerprint density at radius 3 is 2.86 bits per heavy atom. The van der Waals surface area contributed by atoms with Gasteiger partial charge in [0.1, 0.15) is 5.56 Å². The lowest BCUT2D eigenvalue weighted by molar-refractivity contribution is 0.0313. The third kappa shape index (κ3) is 2.88. The van der Waals surface area contributed by atoms with E-state index in [1.54, 1.807) is 0 Å². The van der Waals surface area contributed by atoms with Gasteiger partial charge >= 0.3 is 5.97 Å². The lowest BCUT2D eigenvalue weighted by atomic mass is 10.0. The van der Waals surface area contributed by atoms with Crippen LogP contribution in [-0.2, 0) is 11.2 Å². The summed E-state index contributed by atoms with van der Waals surface area (Å²) in [6, 6.07) is 11.6. The zero-order chi connectivity index (χ0) is 15.5. The molecule has 0 amide bonds. The summed E-state index contributed by atoms with van der Waals surface area (Å²) in [4.78, 5) is 16.6. The third-order valence-electron chi connectivity index (χ3n) is 3.44. The smallest absolute Gasteiger partial charge is 0.345 e. The molecule has 1 aromatic heterocycles. The highest BCUT2D eigenvalue weighted by Gasteiger charge is 2.30. The van der Waals surface area contributed by atoms with Crippen molar-refractivity contribution in [2.75, 3.05) is 11.9 Å². The highest BCUT2D eigenvalue weighted by Crippen LogP contribution is 2.29. The molecule has 0 saturated carbocycles. The molecule has 0 fully saturated rings. The molecule has 0 spiro atoms. The number of rotatable bonds is 4. The van der Waals surface area contributed by atoms with Crippen LogP contribution in [0.3, 0.4) is 0 Å². The molecule has 5 heteroatoms. The molecule has 1 aromatic carbocycles. The SMILES string of the molecule is CCOc1nc(C)cc2c1C(=O)OC(Nc1ccccc1)C2. The number of ether oxygens (including phenoxy) is 2. The number of pyridine rings is 1. The van der Waals surface area contributed by atoms with Crippen LogP contribution in [0.1, 0.15) is 28.5 Å². The summed E-state index contributed by atoms with van der Waals surface area (Å²) in [6.45, 7) is 4.22. The third-order valence-corrected chi connectivity index (χ3v) is 3.44. The first-order valence-corrected chi connectivity index (χ1v) is 7.33. The first-order valence-electron chi connectivity index (χ1n) is 7.33. The van der Waals surface area contributed by atoms with Crippen molar-refractivity contribution in [3.63, 3.8) is 0 Å². The summed E-state index contributed by atoms with van der Waals surface area (Å²) in [5.41, 5.74) is 3.09. The van der Waals surface area contributed by atoms with E-state index >= 15 is 0 Å². The van der Waals surface area contributed by atoms with E-state index in [-0.39, 0.29) is 0 Å². The first-order chi connectivity index (χ1) is 10.7. The summed E-state index contributed by atoms with van der Waals surface area (Å²) < 4.78 is 11.0. The molecule has 2 aromatic rings. The first kappa shape index (κ1) is 14.4. The predicted octanol–water partition coefficient (Wildman–Crippen LogP) is 2.94. The molecule has 2 heterocycles. The molecule has 114 valence electrons. The van der Waals surface area contributed by atoms with Gasteiger partial charge in [-0.1, -0.05) is 18.2 Å². The van der Waals surface area contributed by atoms with Crippen LogP contribution < -0.4 is 10.1 Å². The second-order valence-electron chi connectivity index (χ2n) is 5.14. The molecule has 3 rings (SSSR count). The Balaban J connectivity index is 1.87. The summed E-state index contributed by atoms with van der Waals surface area (Å²) >= 11 is 0. The molecule has 1 N–H and O–H groups in total. The minimum absolute atomic E-state index is 0.362. The number of aromatic nitrogens is 1. The number of nitrogens with zero attached hydrogens (tertiary/aromatic N) is 1. The van der Waals surface area contributed by atoms with Crippen LogP contribution in [0.25, 0.3) is 0 Å². The normalized spacial score (nSPS) is 16.6. The topological polar surface area (TPSA) is 60.5 Å². The fourth-order valence-corrected chi connectivity index (χ4v) is 2.56. The van der Waals surface area contributed by atoms with E-state index in [1.165, 1.54) is 0 Å². The number of hydrogen-bond acceptors (Lipinski definition) is 5. The maximum absolute atomic E-state index is 12.3. The maximum Gasteiger partial charge on any atom is 0.345 e. The number of nitrogens with one attached hydrogen (secondary N) is 1. The van der Waals surface area contributed by atoms with E-state index in [4.69, 9.17) is 9.47 Å². The van der Waals surface area contributed by atoms with Crippen molar-refractivity contribution in [1.82, 2.24) is 4.98 Å². The van der Waals surface area contributed by atoms with E-state index in [0.29, 0.717) is 24.5 Å². The van der Waals surface area contributed by atoms with Crippen LogP contribution in [0.4, 0.5) is 5.69 Å². The summed E-state index contributed by atoms with van der Waals surface area (Å²) in [5, 5.41) is 3.22. The van der Waals surface area contributed by atoms with Crippen molar-refractivity contribution < 1.29 is 14.3 Å². The van der Waals surface area contributed by atoms with Gasteiger partial charge in [-0.3, -0.25) is 0 Å². The number of hydrogen-bond donors (Lipinski definition) is 1. The van der Waals surface area contributed by atoms with Crippen LogP contribution in [0, 0.1) is 6.92 Å². The fourth-order valence-electron chi connectivity index (χ4n) is 2.56. The zero-order valence-electron chi connectivity index (χ0n) is 12.6. The van der Waals surface area contributed by atoms with Gasteiger partial charge in [0.25, 0.3) is 0 Å². The lowest BCUT2D eigenvalue weighted by Crippen LogP contribution is -2.34. The van der Waals surface area contributed by atoms with E-state index in [1.807, 2.05) is 50.2 Å². The lowest BCUT2D eigenvalue weighted by Gasteiger charge is -2.27. The van der Waals surface area contributed by atoms with Crippen molar-refractivity contribution in [3.05, 3.63) is 53.2 Å². The molecule has 22 heavy (non-hydrogen) atoms. The van der Waals surface area contributed by atoms with Crippen LogP contribution in [0.5, 0.6) is 5.88 Å². The molecule has 1 unspecified atom stereocenters. The minimum atomic E-state index is -0.398. The van der Waals surface area contributed by atoms with Gasteiger partial charge in [-0.25, -0.2) is 9.78 Å². The Hall–Kier alpha value is -2.56. The zero-order valence-corrected chi connectivity index (χ0v) is 12.6. The van der Waals surface area contributed by atoms with E-state index in [9.17, 15) is 4.79 Å². The Kier molecular flexibility index (Phi) is 3.96. The molecule has 0 saturated heterocycles. The van der Waals surface area contributed by atoms with Crippen molar-refractivity contribution in [3.8, 4) is 5.88 Å². The van der Waals surface area contributed by atoms with Crippen molar-refractivity contribution in [2.45, 2.75) is 26.5 Å². The van der Waals surface area contributed by atoms with Gasteiger partial charge in [0.15, 0.2) is 6.23 Å². The van der Waals surface area contributed by atoms with Gasteiger partial charge in [0, 0.05) is 17.8 Å². The quantitative estimate of drug-likeness (QED) is 0.879. The molecule has 5 nitrogen and oxygen atoms in total. The van der Waals surface area contributed by atoms with Gasteiger partial charge in [-0.05, 0) is 37.6 Å². The Morgan fingerprint density at radius 2 is 2.14 bits per heavy atom. The van der Waals surface area contributed by atoms with Gasteiger partial charge in [-0.2, -0.15) is 0 Å². The van der Waals surface area contributed by atoms with Crippen LogP contribution in [0.2, 0.25) is 0 Å². The second-order valence-corrected chi connectivity index (χ2v) is 5.14. The van der Waals surface area contributed by atoms with E-state index in [0.717, 1.165) is 16.9 Å². The maximum atomic E-state index is 12.3. The molecular weight excluding hydrogens is 280 g/mol. The average molecular weight is 298 g/mol. The van der Waals surface area contributed by atoms with Gasteiger partial charge in [0.2, 0.25) is 5.88 Å². The second kappa shape index (κ2) is 6.05. The number of esters is 1. The van der Waals surface area contributed by atoms with Crippen LogP contribution in [-0.4, -0.2) is 23.8 Å². The summed E-state index contributed by atoms with van der Waals surface area (Å²) in [5.74, 6) is -0.0358. The number of carbonyl (C=O) groups is 1. The van der Waals surface area contributed by atoms with Crippen molar-refractivity contribution >= 4 is 11.7 Å². The number of benzene rings is 1. The van der Waals surface area contributed by atoms with Crippen LogP contribution >= 0.6 is 0 Å². The molecule has 1 atom stereocenters. The van der Waals surface area contributed by atoms with Gasteiger partial charge < -0.3 is 14.8 Å². The molecule has 0 radical (unpaired) electrons. The predicted molar refractivity (Wildman–Crippen MR) is 83.1 cm³/mol. The molecular formula is C17H18N2O3. The summed E-state index contributed by atoms with van der Waals surface area (Å²) in [6.07, 6.45) is 0.193. The Morgan fingerprint density at radius 1 is 1.36 bits per heavy atom. The minimum Gasteiger partial charge on any atom is -0.477 e. The monoisotopic (exact) mass is 298 g/mol. The standard InChI is InChI=1S/C17H18N2O3/c1-3-21-16-15-12(9-11(2)18-16)10-14(22-17(15)20)19-13-7-5-4-6-8-13/h4-9,14,19H,3,10H2,1-2H3. The van der Waals surface area contributed by atoms with E-state index < -0.39 is 12.2 Å². The van der Waals surface area contributed by atoms with Crippen LogP contribution in [0.15, 0.2) is 36.4 Å². The summed E-state index contributed by atoms with van der Waals surface area (Å²) in [7, 11) is 0. The van der Waals surface area contributed by atoms with Crippen molar-refractivity contribution in [2.24, 2.45) is 0 Å². The Labute approximate surface area is 129 Å². The number of carbonyl (C=O) groups excluding carboxylic acids is 1. The fraction of sp³-hybridized carbons (Fsp3) is 0.294. The molecule has 0 bridgehead atoms. The largest absolute Gasteiger partial charge is 0.477 e. The number of anilines is 1. The number of cyclic esters (lactones) is 1. The molecule has 0 aliphatic carbocycles. The van der Waals surface area contributed by atoms with E-state index in [2.05, 4.69) is 10.3 Å². The number of fused-ring (bicyclic) bond motifs is 1. The highest BCUT2D eigenvalue weighted by molar-refractivity contribution is 5.94. The number of para-hydroxylation sites is 1.